The molecular formula is C26H33F2N3O4S. The highest BCUT2D eigenvalue weighted by molar-refractivity contribution is 7.92. The molecule has 36 heavy (non-hydrogen) atoms. The summed E-state index contributed by atoms with van der Waals surface area (Å²) in [5, 5.41) is 3.04. The maximum atomic E-state index is 13.9. The molecule has 2 amide bonds. The number of amides is 2. The molecule has 2 aromatic carbocycles. The second kappa shape index (κ2) is 12.3. The van der Waals surface area contributed by atoms with E-state index in [0.29, 0.717) is 12.8 Å². The van der Waals surface area contributed by atoms with E-state index >= 15 is 0 Å². The van der Waals surface area contributed by atoms with Crippen molar-refractivity contribution in [2.75, 3.05) is 23.7 Å². The summed E-state index contributed by atoms with van der Waals surface area (Å²) in [5.41, 5.74) is 0.790. The Morgan fingerprint density at radius 3 is 2.31 bits per heavy atom. The maximum Gasteiger partial charge on any atom is 0.244 e. The Kier molecular flexibility index (Phi) is 9.42. The Morgan fingerprint density at radius 1 is 1.06 bits per heavy atom. The van der Waals surface area contributed by atoms with Gasteiger partial charge < -0.3 is 10.2 Å². The molecule has 7 nitrogen and oxygen atoms in total. The number of sulfonamides is 1. The highest BCUT2D eigenvalue weighted by atomic mass is 32.2. The normalized spacial score (nSPS) is 14.9. The predicted octanol–water partition coefficient (Wildman–Crippen LogP) is 3.64. The minimum absolute atomic E-state index is 0.0623. The van der Waals surface area contributed by atoms with Gasteiger partial charge in [-0.25, -0.2) is 17.2 Å². The van der Waals surface area contributed by atoms with Gasteiger partial charge in [-0.2, -0.15) is 0 Å². The molecule has 196 valence electrons. The van der Waals surface area contributed by atoms with Gasteiger partial charge in [0.2, 0.25) is 21.8 Å². The summed E-state index contributed by atoms with van der Waals surface area (Å²) in [6.45, 7) is 1.34. The van der Waals surface area contributed by atoms with Gasteiger partial charge in [-0.1, -0.05) is 50.1 Å². The number of hydrogen-bond acceptors (Lipinski definition) is 4. The Labute approximate surface area is 211 Å². The largest absolute Gasteiger partial charge is 0.352 e. The fraction of sp³-hybridized carbons (Fsp3) is 0.462. The van der Waals surface area contributed by atoms with E-state index < -0.39 is 40.2 Å². The molecule has 0 saturated heterocycles. The van der Waals surface area contributed by atoms with Gasteiger partial charge in [0.05, 0.1) is 11.9 Å². The van der Waals surface area contributed by atoms with E-state index in [2.05, 4.69) is 5.32 Å². The molecule has 0 aromatic heterocycles. The van der Waals surface area contributed by atoms with Crippen molar-refractivity contribution in [2.45, 2.75) is 57.5 Å². The van der Waals surface area contributed by atoms with Gasteiger partial charge in [0.15, 0.2) is 11.6 Å². The molecule has 0 aliphatic heterocycles. The van der Waals surface area contributed by atoms with E-state index in [1.807, 2.05) is 30.3 Å². The number of carbonyl (C=O) groups excluding carboxylic acids is 2. The van der Waals surface area contributed by atoms with Crippen LogP contribution >= 0.6 is 0 Å². The van der Waals surface area contributed by atoms with Crippen LogP contribution in [0.3, 0.4) is 0 Å². The van der Waals surface area contributed by atoms with E-state index in [1.54, 1.807) is 6.92 Å². The molecule has 10 heteroatoms. The monoisotopic (exact) mass is 521 g/mol. The Balaban J connectivity index is 1.87. The van der Waals surface area contributed by atoms with Gasteiger partial charge in [-0.3, -0.25) is 13.9 Å². The summed E-state index contributed by atoms with van der Waals surface area (Å²) in [7, 11) is -4.02. The number of rotatable bonds is 11. The molecular weight excluding hydrogens is 488 g/mol. The van der Waals surface area contributed by atoms with Crippen molar-refractivity contribution in [2.24, 2.45) is 0 Å². The van der Waals surface area contributed by atoms with Crippen LogP contribution in [0.1, 0.15) is 44.6 Å². The maximum absolute atomic E-state index is 13.9. The van der Waals surface area contributed by atoms with Crippen LogP contribution < -0.4 is 9.62 Å². The third kappa shape index (κ3) is 7.25. The van der Waals surface area contributed by atoms with Gasteiger partial charge in [-0.05, 0) is 43.4 Å². The van der Waals surface area contributed by atoms with Crippen molar-refractivity contribution < 1.29 is 26.8 Å². The summed E-state index contributed by atoms with van der Waals surface area (Å²) < 4.78 is 53.1. The predicted molar refractivity (Wildman–Crippen MR) is 135 cm³/mol. The number of halogens is 2. The molecule has 3 rings (SSSR count). The minimum atomic E-state index is -4.02. The number of nitrogens with one attached hydrogen (secondary N) is 1. The van der Waals surface area contributed by atoms with Crippen molar-refractivity contribution in [3.05, 3.63) is 65.7 Å². The number of anilines is 1. The first kappa shape index (κ1) is 27.6. The average Bonchev–Trinajstić information content (AvgIpc) is 3.34. The number of hydrogen-bond donors (Lipinski definition) is 1. The third-order valence-electron chi connectivity index (χ3n) is 6.44. The lowest BCUT2D eigenvalue weighted by atomic mass is 10.1. The zero-order valence-electron chi connectivity index (χ0n) is 20.6. The van der Waals surface area contributed by atoms with Gasteiger partial charge in [-0.15, -0.1) is 0 Å². The molecule has 0 spiro atoms. The Bertz CT molecular complexity index is 1160. The first-order valence-electron chi connectivity index (χ1n) is 12.2. The van der Waals surface area contributed by atoms with Crippen LogP contribution in [0.25, 0.3) is 0 Å². The molecule has 0 radical (unpaired) electrons. The molecule has 1 saturated carbocycles. The lowest BCUT2D eigenvalue weighted by molar-refractivity contribution is -0.139. The Morgan fingerprint density at radius 2 is 1.72 bits per heavy atom. The van der Waals surface area contributed by atoms with E-state index in [4.69, 9.17) is 0 Å². The molecule has 0 heterocycles. The molecule has 1 fully saturated rings. The van der Waals surface area contributed by atoms with E-state index in [1.165, 1.54) is 4.90 Å². The fourth-order valence-corrected chi connectivity index (χ4v) is 5.36. The van der Waals surface area contributed by atoms with Crippen molar-refractivity contribution in [1.29, 1.82) is 0 Å². The first-order valence-corrected chi connectivity index (χ1v) is 14.0. The van der Waals surface area contributed by atoms with Crippen molar-refractivity contribution in [3.8, 4) is 0 Å². The molecule has 0 bridgehead atoms. The zero-order chi connectivity index (χ0) is 26.3. The summed E-state index contributed by atoms with van der Waals surface area (Å²) in [6.07, 6.45) is 5.54. The number of carbonyl (C=O) groups is 2. The van der Waals surface area contributed by atoms with Crippen LogP contribution in [0.5, 0.6) is 0 Å². The summed E-state index contributed by atoms with van der Waals surface area (Å²) in [5.74, 6) is -3.23. The van der Waals surface area contributed by atoms with Gasteiger partial charge in [0.25, 0.3) is 0 Å². The van der Waals surface area contributed by atoms with Gasteiger partial charge >= 0.3 is 0 Å². The van der Waals surface area contributed by atoms with E-state index in [9.17, 15) is 26.8 Å². The van der Waals surface area contributed by atoms with Crippen LogP contribution in [0.4, 0.5) is 14.5 Å². The minimum Gasteiger partial charge on any atom is -0.352 e. The SMILES string of the molecule is CCC(C(=O)NC1CCCC1)N(CCc1ccccc1)C(=O)CN(c1ccc(F)c(F)c1)S(C)(=O)=O. The highest BCUT2D eigenvalue weighted by Crippen LogP contribution is 2.22. The van der Waals surface area contributed by atoms with Crippen molar-refractivity contribution in [3.63, 3.8) is 0 Å². The van der Waals surface area contributed by atoms with Crippen LogP contribution in [0, 0.1) is 11.6 Å². The summed E-state index contributed by atoms with van der Waals surface area (Å²) >= 11 is 0. The molecule has 1 N–H and O–H groups in total. The molecule has 1 atom stereocenters. The van der Waals surface area contributed by atoms with Crippen LogP contribution in [-0.4, -0.2) is 56.6 Å². The average molecular weight is 522 g/mol. The van der Waals surface area contributed by atoms with Gasteiger partial charge in [0.1, 0.15) is 12.6 Å². The quantitative estimate of drug-likeness (QED) is 0.489. The third-order valence-corrected chi connectivity index (χ3v) is 7.58. The second-order valence-corrected chi connectivity index (χ2v) is 11.0. The highest BCUT2D eigenvalue weighted by Gasteiger charge is 2.32. The van der Waals surface area contributed by atoms with E-state index in [-0.39, 0.29) is 24.2 Å². The number of benzene rings is 2. The summed E-state index contributed by atoms with van der Waals surface area (Å²) in [4.78, 5) is 28.2. The van der Waals surface area contributed by atoms with Crippen molar-refractivity contribution >= 4 is 27.5 Å². The number of nitrogens with zero attached hydrogens (tertiary/aromatic N) is 2. The Hall–Kier alpha value is -3.01. The topological polar surface area (TPSA) is 86.8 Å². The van der Waals surface area contributed by atoms with Crippen LogP contribution in [0.2, 0.25) is 0 Å². The molecule has 2 aromatic rings. The molecule has 1 unspecified atom stereocenters. The van der Waals surface area contributed by atoms with Crippen LogP contribution in [0.15, 0.2) is 48.5 Å². The van der Waals surface area contributed by atoms with Crippen LogP contribution in [-0.2, 0) is 26.0 Å². The summed E-state index contributed by atoms with van der Waals surface area (Å²) in [6, 6.07) is 11.4. The standard InChI is InChI=1S/C26H33F2N3O4S/c1-3-24(26(33)29-20-11-7-8-12-20)30(16-15-19-9-5-4-6-10-19)25(32)18-31(36(2,34)35)21-13-14-22(27)23(28)17-21/h4-6,9-10,13-14,17,20,24H,3,7-8,11-12,15-16,18H2,1-2H3,(H,29,33). The zero-order valence-corrected chi connectivity index (χ0v) is 21.4. The fourth-order valence-electron chi connectivity index (χ4n) is 4.52. The molecule has 1 aliphatic rings. The molecule has 1 aliphatic carbocycles. The van der Waals surface area contributed by atoms with Crippen molar-refractivity contribution in [1.82, 2.24) is 10.2 Å². The smallest absolute Gasteiger partial charge is 0.244 e. The van der Waals surface area contributed by atoms with E-state index in [0.717, 1.165) is 60.0 Å². The lowest BCUT2D eigenvalue weighted by Crippen LogP contribution is -2.54. The van der Waals surface area contributed by atoms with Gasteiger partial charge in [0, 0.05) is 18.7 Å². The lowest BCUT2D eigenvalue weighted by Gasteiger charge is -2.33. The second-order valence-electron chi connectivity index (χ2n) is 9.10. The first-order chi connectivity index (χ1) is 17.1.